The topological polar surface area (TPSA) is 96.5 Å². The van der Waals surface area contributed by atoms with Gasteiger partial charge in [-0.3, -0.25) is 4.55 Å². The summed E-state index contributed by atoms with van der Waals surface area (Å²) in [6.45, 7) is 0. The minimum Gasteiger partial charge on any atom is -0.361 e. The van der Waals surface area contributed by atoms with E-state index < -0.39 is 16.4 Å². The molecule has 0 saturated heterocycles. The van der Waals surface area contributed by atoms with E-state index in [1.54, 1.807) is 24.4 Å². The molecule has 0 amide bonds. The molecule has 6 nitrogen and oxygen atoms in total. The first-order valence-electron chi connectivity index (χ1n) is 4.25. The second-order valence-electron chi connectivity index (χ2n) is 3.04. The Morgan fingerprint density at radius 2 is 2.06 bits per heavy atom. The molecule has 1 aromatic heterocycles. The van der Waals surface area contributed by atoms with E-state index in [1.807, 2.05) is 0 Å². The van der Waals surface area contributed by atoms with Gasteiger partial charge in [0.15, 0.2) is 0 Å². The van der Waals surface area contributed by atoms with Crippen LogP contribution in [0.4, 0.5) is 0 Å². The number of carbonyl (C=O) groups is 1. The van der Waals surface area contributed by atoms with Crippen LogP contribution in [0.1, 0.15) is 10.4 Å². The molecular weight excluding hydrogens is 234 g/mol. The van der Waals surface area contributed by atoms with Crippen molar-refractivity contribution in [3.63, 3.8) is 0 Å². The number of carbonyl (C=O) groups excluding carboxylic acids is 1. The maximum absolute atomic E-state index is 11.4. The summed E-state index contributed by atoms with van der Waals surface area (Å²) in [5.41, 5.74) is 0.737. The van der Waals surface area contributed by atoms with Crippen molar-refractivity contribution in [2.45, 2.75) is 0 Å². The van der Waals surface area contributed by atoms with Crippen LogP contribution in [0.2, 0.25) is 0 Å². The second kappa shape index (κ2) is 3.62. The minimum absolute atomic E-state index is 0.0661. The third-order valence-electron chi connectivity index (χ3n) is 2.00. The van der Waals surface area contributed by atoms with Crippen LogP contribution in [0.5, 0.6) is 0 Å². The van der Waals surface area contributed by atoms with Crippen molar-refractivity contribution < 1.29 is 21.9 Å². The normalized spacial score (nSPS) is 11.6. The highest BCUT2D eigenvalue weighted by atomic mass is 32.3. The van der Waals surface area contributed by atoms with Gasteiger partial charge in [0.05, 0.1) is 5.56 Å². The lowest BCUT2D eigenvalue weighted by atomic mass is 10.1. The molecule has 0 saturated carbocycles. The molecule has 0 bridgehead atoms. The van der Waals surface area contributed by atoms with Crippen molar-refractivity contribution in [3.05, 3.63) is 36.0 Å². The highest BCUT2D eigenvalue weighted by molar-refractivity contribution is 7.81. The summed E-state index contributed by atoms with van der Waals surface area (Å²) in [6.07, 6.45) is 1.61. The average molecular weight is 241 g/mol. The summed E-state index contributed by atoms with van der Waals surface area (Å²) in [4.78, 5) is 14.3. The number of hydrogen-bond donors (Lipinski definition) is 2. The molecular formula is C9H7NO5S. The van der Waals surface area contributed by atoms with Crippen molar-refractivity contribution in [2.75, 3.05) is 0 Å². The van der Waals surface area contributed by atoms with E-state index in [0.717, 1.165) is 0 Å². The fourth-order valence-electron chi connectivity index (χ4n) is 1.40. The lowest BCUT2D eigenvalue weighted by molar-refractivity contribution is 0.0729. The van der Waals surface area contributed by atoms with E-state index in [0.29, 0.717) is 10.9 Å². The van der Waals surface area contributed by atoms with Crippen molar-refractivity contribution in [3.8, 4) is 0 Å². The number of aromatic amines is 1. The lowest BCUT2D eigenvalue weighted by Crippen LogP contribution is -2.12. The van der Waals surface area contributed by atoms with Gasteiger partial charge in [-0.25, -0.2) is 4.79 Å². The largest absolute Gasteiger partial charge is 0.449 e. The molecule has 2 N–H and O–H groups in total. The summed E-state index contributed by atoms with van der Waals surface area (Å²) < 4.78 is 33.1. The van der Waals surface area contributed by atoms with Gasteiger partial charge in [0.1, 0.15) is 0 Å². The van der Waals surface area contributed by atoms with E-state index in [-0.39, 0.29) is 5.56 Å². The zero-order chi connectivity index (χ0) is 11.8. The van der Waals surface area contributed by atoms with Gasteiger partial charge in [-0.05, 0) is 18.2 Å². The van der Waals surface area contributed by atoms with E-state index in [4.69, 9.17) is 4.55 Å². The predicted molar refractivity (Wildman–Crippen MR) is 55.3 cm³/mol. The first-order valence-corrected chi connectivity index (χ1v) is 5.61. The Labute approximate surface area is 90.8 Å². The van der Waals surface area contributed by atoms with Gasteiger partial charge in [0, 0.05) is 17.1 Å². The maximum Gasteiger partial charge on any atom is 0.449 e. The van der Waals surface area contributed by atoms with Crippen molar-refractivity contribution >= 4 is 27.3 Å². The molecule has 1 heterocycles. The zero-order valence-electron chi connectivity index (χ0n) is 7.88. The monoisotopic (exact) mass is 241 g/mol. The lowest BCUT2D eigenvalue weighted by Gasteiger charge is -2.01. The molecule has 0 spiro atoms. The fourth-order valence-corrected chi connectivity index (χ4v) is 1.69. The standard InChI is InChI=1S/C9H7NO5S/c11-9(15-16(12,13)14)7-2-1-3-8-6(7)4-5-10-8/h1-5,10H,(H,12,13,14). The van der Waals surface area contributed by atoms with Crippen molar-refractivity contribution in [2.24, 2.45) is 0 Å². The molecule has 0 radical (unpaired) electrons. The minimum atomic E-state index is -4.78. The van der Waals surface area contributed by atoms with Crippen molar-refractivity contribution in [1.29, 1.82) is 0 Å². The quantitative estimate of drug-likeness (QED) is 0.768. The van der Waals surface area contributed by atoms with Gasteiger partial charge >= 0.3 is 16.4 Å². The fraction of sp³-hybridized carbons (Fsp3) is 0. The van der Waals surface area contributed by atoms with Crippen molar-refractivity contribution in [1.82, 2.24) is 4.98 Å². The van der Waals surface area contributed by atoms with E-state index in [2.05, 4.69) is 9.17 Å². The van der Waals surface area contributed by atoms with Gasteiger partial charge < -0.3 is 9.17 Å². The molecule has 0 aliphatic carbocycles. The Bertz CT molecular complexity index is 643. The van der Waals surface area contributed by atoms with Gasteiger partial charge in [-0.1, -0.05) is 6.07 Å². The van der Waals surface area contributed by atoms with Crippen LogP contribution in [0, 0.1) is 0 Å². The highest BCUT2D eigenvalue weighted by Gasteiger charge is 2.17. The number of hydrogen-bond acceptors (Lipinski definition) is 4. The molecule has 0 fully saturated rings. The van der Waals surface area contributed by atoms with Gasteiger partial charge in [-0.15, -0.1) is 0 Å². The number of nitrogens with one attached hydrogen (secondary N) is 1. The summed E-state index contributed by atoms with van der Waals surface area (Å²) in [5.74, 6) is -1.12. The third-order valence-corrected chi connectivity index (χ3v) is 2.36. The summed E-state index contributed by atoms with van der Waals surface area (Å²) in [7, 11) is -4.78. The van der Waals surface area contributed by atoms with Crippen LogP contribution in [0.3, 0.4) is 0 Å². The number of fused-ring (bicyclic) bond motifs is 1. The molecule has 1 aromatic carbocycles. The van der Waals surface area contributed by atoms with E-state index in [9.17, 15) is 13.2 Å². The summed E-state index contributed by atoms with van der Waals surface area (Å²) in [5, 5.41) is 0.524. The molecule has 84 valence electrons. The van der Waals surface area contributed by atoms with Gasteiger partial charge in [0.25, 0.3) is 0 Å². The second-order valence-corrected chi connectivity index (χ2v) is 4.07. The van der Waals surface area contributed by atoms with Crippen LogP contribution in [0.15, 0.2) is 30.5 Å². The highest BCUT2D eigenvalue weighted by Crippen LogP contribution is 2.18. The Balaban J connectivity index is 2.47. The van der Waals surface area contributed by atoms with Gasteiger partial charge in [-0.2, -0.15) is 8.42 Å². The maximum atomic E-state index is 11.4. The Morgan fingerprint density at radius 3 is 2.75 bits per heavy atom. The van der Waals surface area contributed by atoms with Gasteiger partial charge in [0.2, 0.25) is 0 Å². The first kappa shape index (κ1) is 10.7. The Hall–Kier alpha value is -1.86. The molecule has 0 unspecified atom stereocenters. The molecule has 0 aliphatic rings. The predicted octanol–water partition coefficient (Wildman–Crippen LogP) is 1.13. The Kier molecular flexibility index (Phi) is 2.41. The first-order chi connectivity index (χ1) is 7.47. The molecule has 0 atom stereocenters. The summed E-state index contributed by atoms with van der Waals surface area (Å²) in [6, 6.07) is 6.30. The van der Waals surface area contributed by atoms with Crippen LogP contribution in [-0.2, 0) is 14.6 Å². The number of benzene rings is 1. The van der Waals surface area contributed by atoms with Crippen LogP contribution in [-0.4, -0.2) is 23.9 Å². The van der Waals surface area contributed by atoms with E-state index >= 15 is 0 Å². The molecule has 7 heteroatoms. The van der Waals surface area contributed by atoms with Crippen LogP contribution < -0.4 is 0 Å². The number of aromatic nitrogens is 1. The SMILES string of the molecule is O=C(OS(=O)(=O)O)c1cccc2[nH]ccc12. The third kappa shape index (κ3) is 2.05. The molecule has 16 heavy (non-hydrogen) atoms. The van der Waals surface area contributed by atoms with Crippen LogP contribution in [0.25, 0.3) is 10.9 Å². The molecule has 0 aliphatic heterocycles. The number of H-pyrrole nitrogens is 1. The smallest absolute Gasteiger partial charge is 0.361 e. The zero-order valence-corrected chi connectivity index (χ0v) is 8.69. The number of rotatable bonds is 2. The summed E-state index contributed by atoms with van der Waals surface area (Å²) >= 11 is 0. The average Bonchev–Trinajstić information content (AvgIpc) is 2.61. The molecule has 2 aromatic rings. The van der Waals surface area contributed by atoms with Crippen LogP contribution >= 0.6 is 0 Å². The molecule has 2 rings (SSSR count). The Morgan fingerprint density at radius 1 is 1.31 bits per heavy atom. The van der Waals surface area contributed by atoms with E-state index in [1.165, 1.54) is 6.07 Å².